The molecule has 2 amide bonds. The van der Waals surface area contributed by atoms with Gasteiger partial charge in [0.25, 0.3) is 0 Å². The lowest BCUT2D eigenvalue weighted by Crippen LogP contribution is -2.28. The first-order chi connectivity index (χ1) is 11.3. The zero-order valence-corrected chi connectivity index (χ0v) is 12.6. The highest BCUT2D eigenvalue weighted by Crippen LogP contribution is 2.34. The summed E-state index contributed by atoms with van der Waals surface area (Å²) in [6.07, 6.45) is 1.46. The first kappa shape index (κ1) is 17.6. The molecule has 128 valence electrons. The molecule has 0 saturated carbocycles. The number of alkyl halides is 3. The number of hydrogen-bond acceptors (Lipinski definition) is 2. The van der Waals surface area contributed by atoms with Gasteiger partial charge in [0.2, 0.25) is 0 Å². The standard InChI is InChI=1S/C16H14F4N2O2/c1-24-14-8-7-10(16(18,19)20)9-13(14)22-15(23)21-12-6-4-2-3-5-11(12)17/h2-5,7-9H,6H2,1H3,(H2,21,22,23). The summed E-state index contributed by atoms with van der Waals surface area (Å²) in [5.41, 5.74) is -1.11. The fraction of sp³-hybridized carbons (Fsp3) is 0.188. The lowest BCUT2D eigenvalue weighted by molar-refractivity contribution is -0.137. The number of ether oxygens (including phenoxy) is 1. The average Bonchev–Trinajstić information content (AvgIpc) is 2.71. The Morgan fingerprint density at radius 3 is 2.62 bits per heavy atom. The summed E-state index contributed by atoms with van der Waals surface area (Å²) < 4.78 is 56.9. The summed E-state index contributed by atoms with van der Waals surface area (Å²) in [6.45, 7) is 0. The van der Waals surface area contributed by atoms with Gasteiger partial charge in [-0.15, -0.1) is 0 Å². The van der Waals surface area contributed by atoms with Gasteiger partial charge in [0.05, 0.1) is 24.1 Å². The van der Waals surface area contributed by atoms with Gasteiger partial charge >= 0.3 is 12.2 Å². The van der Waals surface area contributed by atoms with Gasteiger partial charge in [0.1, 0.15) is 11.6 Å². The maximum atomic E-state index is 13.7. The first-order valence-corrected chi connectivity index (χ1v) is 6.86. The molecule has 0 radical (unpaired) electrons. The normalized spacial score (nSPS) is 14.4. The molecule has 8 heteroatoms. The molecular weight excluding hydrogens is 328 g/mol. The Hall–Kier alpha value is -2.77. The number of rotatable bonds is 3. The van der Waals surface area contributed by atoms with Crippen molar-refractivity contribution in [3.05, 3.63) is 59.6 Å². The Morgan fingerprint density at radius 1 is 1.21 bits per heavy atom. The van der Waals surface area contributed by atoms with Gasteiger partial charge in [-0.3, -0.25) is 0 Å². The van der Waals surface area contributed by atoms with E-state index < -0.39 is 23.6 Å². The van der Waals surface area contributed by atoms with Crippen molar-refractivity contribution in [2.75, 3.05) is 12.4 Å². The van der Waals surface area contributed by atoms with E-state index in [0.29, 0.717) is 0 Å². The van der Waals surface area contributed by atoms with Gasteiger partial charge in [-0.2, -0.15) is 13.2 Å². The lowest BCUT2D eigenvalue weighted by Gasteiger charge is -2.15. The number of methoxy groups -OCH3 is 1. The van der Waals surface area contributed by atoms with E-state index >= 15 is 0 Å². The summed E-state index contributed by atoms with van der Waals surface area (Å²) in [5, 5.41) is 4.52. The lowest BCUT2D eigenvalue weighted by atomic mass is 10.2. The smallest absolute Gasteiger partial charge is 0.416 e. The molecule has 1 aliphatic carbocycles. The number of carbonyl (C=O) groups excluding carboxylic acids is 1. The predicted octanol–water partition coefficient (Wildman–Crippen LogP) is 4.53. The van der Waals surface area contributed by atoms with E-state index in [-0.39, 0.29) is 23.6 Å². The van der Waals surface area contributed by atoms with E-state index in [2.05, 4.69) is 10.6 Å². The maximum Gasteiger partial charge on any atom is 0.416 e. The van der Waals surface area contributed by atoms with Crippen LogP contribution in [-0.4, -0.2) is 13.1 Å². The van der Waals surface area contributed by atoms with Crippen LogP contribution in [0, 0.1) is 0 Å². The minimum atomic E-state index is -4.56. The third-order valence-electron chi connectivity index (χ3n) is 3.14. The van der Waals surface area contributed by atoms with Gasteiger partial charge < -0.3 is 15.4 Å². The second-order valence-electron chi connectivity index (χ2n) is 4.81. The number of benzene rings is 1. The Kier molecular flexibility index (Phi) is 5.28. The predicted molar refractivity (Wildman–Crippen MR) is 81.2 cm³/mol. The highest BCUT2D eigenvalue weighted by atomic mass is 19.4. The molecule has 0 bridgehead atoms. The van der Waals surface area contributed by atoms with Crippen LogP contribution in [0.1, 0.15) is 12.0 Å². The third kappa shape index (κ3) is 4.37. The molecule has 24 heavy (non-hydrogen) atoms. The molecule has 0 unspecified atom stereocenters. The summed E-state index contributed by atoms with van der Waals surface area (Å²) in [5.74, 6) is -0.584. The molecule has 0 saturated heterocycles. The Bertz CT molecular complexity index is 721. The summed E-state index contributed by atoms with van der Waals surface area (Å²) in [4.78, 5) is 12.0. The zero-order valence-electron chi connectivity index (χ0n) is 12.6. The molecule has 0 aliphatic heterocycles. The summed E-state index contributed by atoms with van der Waals surface area (Å²) in [7, 11) is 1.26. The van der Waals surface area contributed by atoms with Crippen LogP contribution in [0.2, 0.25) is 0 Å². The van der Waals surface area contributed by atoms with Crippen LogP contribution in [0.5, 0.6) is 5.75 Å². The van der Waals surface area contributed by atoms with Crippen LogP contribution >= 0.6 is 0 Å². The fourth-order valence-corrected chi connectivity index (χ4v) is 1.99. The van der Waals surface area contributed by atoms with E-state index in [1.54, 1.807) is 12.2 Å². The third-order valence-corrected chi connectivity index (χ3v) is 3.14. The molecule has 2 N–H and O–H groups in total. The van der Waals surface area contributed by atoms with Crippen LogP contribution in [0.4, 0.5) is 28.0 Å². The second kappa shape index (κ2) is 7.20. The van der Waals surface area contributed by atoms with Crippen molar-refractivity contribution >= 4 is 11.7 Å². The maximum absolute atomic E-state index is 13.7. The monoisotopic (exact) mass is 342 g/mol. The highest BCUT2D eigenvalue weighted by molar-refractivity contribution is 5.92. The zero-order chi connectivity index (χ0) is 17.7. The van der Waals surface area contributed by atoms with Crippen LogP contribution in [0.25, 0.3) is 0 Å². The van der Waals surface area contributed by atoms with Crippen molar-refractivity contribution in [3.63, 3.8) is 0 Å². The molecule has 0 atom stereocenters. The molecule has 1 aromatic carbocycles. The minimum absolute atomic E-state index is 0.00319. The number of anilines is 1. The van der Waals surface area contributed by atoms with E-state index in [1.807, 2.05) is 0 Å². The number of urea groups is 1. The molecule has 0 fully saturated rings. The molecule has 2 rings (SSSR count). The van der Waals surface area contributed by atoms with E-state index in [4.69, 9.17) is 4.74 Å². The van der Waals surface area contributed by atoms with Crippen molar-refractivity contribution < 1.29 is 27.1 Å². The van der Waals surface area contributed by atoms with Crippen molar-refractivity contribution in [2.45, 2.75) is 12.6 Å². The van der Waals surface area contributed by atoms with Crippen molar-refractivity contribution in [2.24, 2.45) is 0 Å². The van der Waals surface area contributed by atoms with Crippen LogP contribution in [0.15, 0.2) is 54.0 Å². The topological polar surface area (TPSA) is 50.4 Å². The number of allylic oxidation sites excluding steroid dienone is 5. The number of carbonyl (C=O) groups is 1. The van der Waals surface area contributed by atoms with Crippen LogP contribution in [-0.2, 0) is 6.18 Å². The number of nitrogens with one attached hydrogen (secondary N) is 2. The van der Waals surface area contributed by atoms with Gasteiger partial charge in [0.15, 0.2) is 0 Å². The minimum Gasteiger partial charge on any atom is -0.495 e. The summed E-state index contributed by atoms with van der Waals surface area (Å²) in [6, 6.07) is 1.80. The van der Waals surface area contributed by atoms with Gasteiger partial charge in [0, 0.05) is 6.42 Å². The van der Waals surface area contributed by atoms with Crippen molar-refractivity contribution in [3.8, 4) is 5.75 Å². The Balaban J connectivity index is 2.19. The van der Waals surface area contributed by atoms with Crippen molar-refractivity contribution in [1.82, 2.24) is 5.32 Å². The highest BCUT2D eigenvalue weighted by Gasteiger charge is 2.31. The molecule has 0 aromatic heterocycles. The van der Waals surface area contributed by atoms with E-state index in [1.165, 1.54) is 19.3 Å². The van der Waals surface area contributed by atoms with E-state index in [0.717, 1.165) is 18.2 Å². The van der Waals surface area contributed by atoms with Crippen molar-refractivity contribution in [1.29, 1.82) is 0 Å². The molecule has 1 aliphatic rings. The van der Waals surface area contributed by atoms with Gasteiger partial charge in [-0.1, -0.05) is 18.2 Å². The quantitative estimate of drug-likeness (QED) is 0.793. The summed E-state index contributed by atoms with van der Waals surface area (Å²) >= 11 is 0. The number of hydrogen-bond donors (Lipinski definition) is 2. The van der Waals surface area contributed by atoms with Crippen LogP contribution < -0.4 is 15.4 Å². The van der Waals surface area contributed by atoms with E-state index in [9.17, 15) is 22.4 Å². The first-order valence-electron chi connectivity index (χ1n) is 6.86. The van der Waals surface area contributed by atoms with Gasteiger partial charge in [-0.25, -0.2) is 9.18 Å². The molecule has 0 spiro atoms. The second-order valence-corrected chi connectivity index (χ2v) is 4.81. The molecule has 4 nitrogen and oxygen atoms in total. The molecule has 0 heterocycles. The van der Waals surface area contributed by atoms with Crippen LogP contribution in [0.3, 0.4) is 0 Å². The van der Waals surface area contributed by atoms with Gasteiger partial charge in [-0.05, 0) is 24.3 Å². The largest absolute Gasteiger partial charge is 0.495 e. The number of halogens is 4. The molecule has 1 aromatic rings. The molecular formula is C16H14F4N2O2. The Labute approximate surface area is 135 Å². The SMILES string of the molecule is COc1ccc(C(F)(F)F)cc1NC(=O)NC1=C(F)C=CC=CC1. The number of amides is 2. The Morgan fingerprint density at radius 2 is 1.96 bits per heavy atom. The average molecular weight is 342 g/mol. The fourth-order valence-electron chi connectivity index (χ4n) is 1.99.